The van der Waals surface area contributed by atoms with Crippen LogP contribution in [0.5, 0.6) is 11.5 Å². The molecule has 2 aromatic rings. The van der Waals surface area contributed by atoms with Gasteiger partial charge in [-0.3, -0.25) is 9.69 Å². The van der Waals surface area contributed by atoms with E-state index in [-0.39, 0.29) is 12.5 Å². The number of hydrogen-bond acceptors (Lipinski definition) is 6. The number of anilines is 1. The van der Waals surface area contributed by atoms with Gasteiger partial charge in [0.2, 0.25) is 15.9 Å². The van der Waals surface area contributed by atoms with Gasteiger partial charge in [-0.1, -0.05) is 12.1 Å². The number of amides is 1. The van der Waals surface area contributed by atoms with Crippen LogP contribution in [-0.2, 0) is 14.8 Å². The minimum Gasteiger partial charge on any atom is -0.497 e. The Morgan fingerprint density at radius 3 is 2.16 bits per heavy atom. The number of rotatable bonds is 7. The second kappa shape index (κ2) is 9.67. The van der Waals surface area contributed by atoms with Gasteiger partial charge in [0.05, 0.1) is 25.7 Å². The summed E-state index contributed by atoms with van der Waals surface area (Å²) < 4.78 is 38.0. The van der Waals surface area contributed by atoms with Gasteiger partial charge < -0.3 is 14.8 Å². The maximum absolute atomic E-state index is 13.1. The monoisotopic (exact) mass is 447 g/mol. The first-order chi connectivity index (χ1) is 14.7. The number of carbonyl (C=O) groups excluding carboxylic acids is 1. The Balaban J connectivity index is 1.59. The maximum atomic E-state index is 13.1. The van der Waals surface area contributed by atoms with Crippen LogP contribution in [-0.4, -0.2) is 70.5 Å². The van der Waals surface area contributed by atoms with Crippen LogP contribution >= 0.6 is 0 Å². The Morgan fingerprint density at radius 1 is 0.968 bits per heavy atom. The lowest BCUT2D eigenvalue weighted by Gasteiger charge is -2.33. The number of nitrogens with zero attached hydrogens (tertiary/aromatic N) is 2. The summed E-state index contributed by atoms with van der Waals surface area (Å²) in [5, 5.41) is 2.85. The highest BCUT2D eigenvalue weighted by molar-refractivity contribution is 7.89. The molecule has 0 unspecified atom stereocenters. The van der Waals surface area contributed by atoms with Crippen molar-refractivity contribution in [1.29, 1.82) is 0 Å². The Hall–Kier alpha value is -2.62. The molecular formula is C22H29N3O5S. The smallest absolute Gasteiger partial charge is 0.243 e. The molecule has 0 spiro atoms. The molecule has 8 nitrogen and oxygen atoms in total. The van der Waals surface area contributed by atoms with Crippen LogP contribution in [0.1, 0.15) is 11.1 Å². The predicted octanol–water partition coefficient (Wildman–Crippen LogP) is 2.27. The number of sulfonamides is 1. The molecule has 1 N–H and O–H groups in total. The summed E-state index contributed by atoms with van der Waals surface area (Å²) in [5.41, 5.74) is 2.23. The highest BCUT2D eigenvalue weighted by atomic mass is 32.2. The van der Waals surface area contributed by atoms with Crippen LogP contribution in [0.15, 0.2) is 41.3 Å². The van der Waals surface area contributed by atoms with E-state index in [2.05, 4.69) is 5.32 Å². The third-order valence-corrected chi connectivity index (χ3v) is 7.34. The summed E-state index contributed by atoms with van der Waals surface area (Å²) in [6.07, 6.45) is 0. The number of piperazine rings is 1. The van der Waals surface area contributed by atoms with E-state index in [0.717, 1.165) is 11.1 Å². The van der Waals surface area contributed by atoms with E-state index in [4.69, 9.17) is 9.47 Å². The quantitative estimate of drug-likeness (QED) is 0.701. The molecule has 1 heterocycles. The molecule has 0 radical (unpaired) electrons. The van der Waals surface area contributed by atoms with Crippen molar-refractivity contribution in [2.75, 3.05) is 52.3 Å². The zero-order chi connectivity index (χ0) is 22.6. The van der Waals surface area contributed by atoms with Gasteiger partial charge in [0.1, 0.15) is 11.5 Å². The summed E-state index contributed by atoms with van der Waals surface area (Å²) in [4.78, 5) is 14.8. The van der Waals surface area contributed by atoms with Gasteiger partial charge in [-0.2, -0.15) is 4.31 Å². The van der Waals surface area contributed by atoms with Crippen LogP contribution in [0.2, 0.25) is 0 Å². The molecular weight excluding hydrogens is 418 g/mol. The van der Waals surface area contributed by atoms with Gasteiger partial charge in [0.15, 0.2) is 0 Å². The topological polar surface area (TPSA) is 88.2 Å². The molecule has 1 aliphatic rings. The first kappa shape index (κ1) is 23.1. The fourth-order valence-electron chi connectivity index (χ4n) is 3.54. The third kappa shape index (κ3) is 5.55. The number of nitrogens with one attached hydrogen (secondary N) is 1. The molecule has 1 fully saturated rings. The second-order valence-corrected chi connectivity index (χ2v) is 9.51. The summed E-state index contributed by atoms with van der Waals surface area (Å²) in [5.74, 6) is 0.987. The van der Waals surface area contributed by atoms with Crippen LogP contribution < -0.4 is 14.8 Å². The number of methoxy groups -OCH3 is 2. The molecule has 0 saturated carbocycles. The Kier molecular flexibility index (Phi) is 7.19. The molecule has 1 amide bonds. The van der Waals surface area contributed by atoms with Gasteiger partial charge >= 0.3 is 0 Å². The molecule has 168 valence electrons. The Labute approximate surface area is 183 Å². The fraction of sp³-hybridized carbons (Fsp3) is 0.409. The molecule has 2 aromatic carbocycles. The van der Waals surface area contributed by atoms with Crippen molar-refractivity contribution in [2.45, 2.75) is 18.7 Å². The summed E-state index contributed by atoms with van der Waals surface area (Å²) in [6, 6.07) is 10.6. The van der Waals surface area contributed by atoms with Crippen LogP contribution in [0, 0.1) is 13.8 Å². The van der Waals surface area contributed by atoms with E-state index in [1.54, 1.807) is 45.4 Å². The first-order valence-corrected chi connectivity index (χ1v) is 11.5. The average molecular weight is 448 g/mol. The zero-order valence-corrected chi connectivity index (χ0v) is 19.2. The largest absolute Gasteiger partial charge is 0.497 e. The van der Waals surface area contributed by atoms with E-state index in [0.29, 0.717) is 48.3 Å². The van der Waals surface area contributed by atoms with Crippen molar-refractivity contribution in [1.82, 2.24) is 9.21 Å². The lowest BCUT2D eigenvalue weighted by molar-refractivity contribution is -0.117. The summed E-state index contributed by atoms with van der Waals surface area (Å²) in [7, 11) is -0.457. The highest BCUT2D eigenvalue weighted by Gasteiger charge is 2.30. The lowest BCUT2D eigenvalue weighted by atomic mass is 10.2. The third-order valence-electron chi connectivity index (χ3n) is 5.30. The van der Waals surface area contributed by atoms with Gasteiger partial charge in [0, 0.05) is 50.1 Å². The van der Waals surface area contributed by atoms with Crippen LogP contribution in [0.4, 0.5) is 5.69 Å². The SMILES string of the molecule is COc1cc(NC(=O)CN2CCN(S(=O)(=O)c3cc(C)ccc3C)CC2)cc(OC)c1. The number of carbonyl (C=O) groups is 1. The van der Waals surface area contributed by atoms with Crippen molar-refractivity contribution < 1.29 is 22.7 Å². The number of ether oxygens (including phenoxy) is 2. The van der Waals surface area contributed by atoms with Crippen LogP contribution in [0.25, 0.3) is 0 Å². The number of benzene rings is 2. The minimum absolute atomic E-state index is 0.177. The fourth-order valence-corrected chi connectivity index (χ4v) is 5.27. The predicted molar refractivity (Wildman–Crippen MR) is 119 cm³/mol. The van der Waals surface area contributed by atoms with Gasteiger partial charge in [0.25, 0.3) is 0 Å². The molecule has 31 heavy (non-hydrogen) atoms. The van der Waals surface area contributed by atoms with Crippen molar-refractivity contribution >= 4 is 21.6 Å². The molecule has 0 aromatic heterocycles. The van der Waals surface area contributed by atoms with Gasteiger partial charge in [-0.15, -0.1) is 0 Å². The van der Waals surface area contributed by atoms with Crippen LogP contribution in [0.3, 0.4) is 0 Å². The standard InChI is InChI=1S/C22H29N3O5S/c1-16-5-6-17(2)21(11-16)31(27,28)25-9-7-24(8-10-25)15-22(26)23-18-12-19(29-3)14-20(13-18)30-4/h5-6,11-14H,7-10,15H2,1-4H3,(H,23,26). The molecule has 0 atom stereocenters. The first-order valence-electron chi connectivity index (χ1n) is 10.1. The summed E-state index contributed by atoms with van der Waals surface area (Å²) >= 11 is 0. The maximum Gasteiger partial charge on any atom is 0.243 e. The highest BCUT2D eigenvalue weighted by Crippen LogP contribution is 2.26. The van der Waals surface area contributed by atoms with E-state index < -0.39 is 10.0 Å². The van der Waals surface area contributed by atoms with E-state index in [1.807, 2.05) is 24.0 Å². The van der Waals surface area contributed by atoms with E-state index in [9.17, 15) is 13.2 Å². The Bertz CT molecular complexity index is 1020. The molecule has 1 aliphatic heterocycles. The van der Waals surface area contributed by atoms with Crippen molar-refractivity contribution in [3.05, 3.63) is 47.5 Å². The number of hydrogen-bond donors (Lipinski definition) is 1. The van der Waals surface area contributed by atoms with Crippen molar-refractivity contribution in [2.24, 2.45) is 0 Å². The normalized spacial score (nSPS) is 15.5. The summed E-state index contributed by atoms with van der Waals surface area (Å²) in [6.45, 7) is 5.52. The van der Waals surface area contributed by atoms with Gasteiger partial charge in [-0.25, -0.2) is 8.42 Å². The minimum atomic E-state index is -3.55. The van der Waals surface area contributed by atoms with E-state index in [1.165, 1.54) is 4.31 Å². The molecule has 1 saturated heterocycles. The zero-order valence-electron chi connectivity index (χ0n) is 18.3. The van der Waals surface area contributed by atoms with Crippen molar-refractivity contribution in [3.8, 4) is 11.5 Å². The Morgan fingerprint density at radius 2 is 1.58 bits per heavy atom. The lowest BCUT2D eigenvalue weighted by Crippen LogP contribution is -2.50. The second-order valence-electron chi connectivity index (χ2n) is 7.60. The van der Waals surface area contributed by atoms with Crippen molar-refractivity contribution in [3.63, 3.8) is 0 Å². The molecule has 3 rings (SSSR count). The molecule has 9 heteroatoms. The molecule has 0 aliphatic carbocycles. The molecule has 0 bridgehead atoms. The van der Waals surface area contributed by atoms with E-state index >= 15 is 0 Å². The van der Waals surface area contributed by atoms with Gasteiger partial charge in [-0.05, 0) is 31.0 Å². The average Bonchev–Trinajstić information content (AvgIpc) is 2.75. The number of aryl methyl sites for hydroxylation is 2.